The molecule has 2 heterocycles. The molecule has 1 atom stereocenters. The van der Waals surface area contributed by atoms with Gasteiger partial charge in [0.05, 0.1) is 17.5 Å². The van der Waals surface area contributed by atoms with Crippen molar-refractivity contribution in [3.8, 4) is 0 Å². The van der Waals surface area contributed by atoms with Crippen molar-refractivity contribution in [3.63, 3.8) is 0 Å². The van der Waals surface area contributed by atoms with Crippen LogP contribution in [0.1, 0.15) is 18.2 Å². The van der Waals surface area contributed by atoms with E-state index < -0.39 is 0 Å². The maximum Gasteiger partial charge on any atom is 0.0995 e. The molecule has 2 rings (SSSR count). The lowest BCUT2D eigenvalue weighted by atomic mass is 10.1. The van der Waals surface area contributed by atoms with E-state index in [1.165, 1.54) is 11.1 Å². The third-order valence-electron chi connectivity index (χ3n) is 2.35. The van der Waals surface area contributed by atoms with E-state index >= 15 is 0 Å². The van der Waals surface area contributed by atoms with E-state index in [4.69, 9.17) is 5.73 Å². The monoisotopic (exact) mass is 189 g/mol. The first-order valence-electron chi connectivity index (χ1n) is 4.85. The largest absolute Gasteiger partial charge is 0.328 e. The Hall–Kier alpha value is -1.35. The normalized spacial score (nSPS) is 13.4. The van der Waals surface area contributed by atoms with Gasteiger partial charge < -0.3 is 10.1 Å². The molecule has 0 saturated heterocycles. The Kier molecular flexibility index (Phi) is 2.25. The van der Waals surface area contributed by atoms with Crippen LogP contribution >= 0.6 is 0 Å². The molecule has 0 radical (unpaired) electrons. The second-order valence-electron chi connectivity index (χ2n) is 3.82. The highest BCUT2D eigenvalue weighted by molar-refractivity contribution is 5.58. The van der Waals surface area contributed by atoms with Crippen LogP contribution in [0.5, 0.6) is 0 Å². The van der Waals surface area contributed by atoms with Crippen LogP contribution in [0.4, 0.5) is 0 Å². The van der Waals surface area contributed by atoms with Crippen LogP contribution in [0.2, 0.25) is 0 Å². The van der Waals surface area contributed by atoms with Gasteiger partial charge in [0.25, 0.3) is 0 Å². The smallest absolute Gasteiger partial charge is 0.0995 e. The SMILES string of the molecule is Cc1cccn2cnc(CC(C)N)c12. The summed E-state index contributed by atoms with van der Waals surface area (Å²) in [5.41, 5.74) is 9.32. The average Bonchev–Trinajstić information content (AvgIpc) is 2.49. The molecule has 3 heteroatoms. The van der Waals surface area contributed by atoms with Crippen LogP contribution in [0, 0.1) is 6.92 Å². The van der Waals surface area contributed by atoms with Crippen molar-refractivity contribution < 1.29 is 0 Å². The molecule has 0 fully saturated rings. The molecule has 0 saturated carbocycles. The molecular formula is C11H15N3. The zero-order valence-corrected chi connectivity index (χ0v) is 8.57. The summed E-state index contributed by atoms with van der Waals surface area (Å²) in [5.74, 6) is 0. The zero-order valence-electron chi connectivity index (χ0n) is 8.57. The standard InChI is InChI=1S/C11H15N3/c1-8-4-3-5-14-7-13-10(11(8)14)6-9(2)12/h3-5,7,9H,6,12H2,1-2H3. The molecule has 1 unspecified atom stereocenters. The van der Waals surface area contributed by atoms with E-state index in [1.807, 2.05) is 29.9 Å². The summed E-state index contributed by atoms with van der Waals surface area (Å²) in [6.07, 6.45) is 4.70. The van der Waals surface area contributed by atoms with E-state index in [2.05, 4.69) is 18.0 Å². The number of aromatic nitrogens is 2. The predicted octanol–water partition coefficient (Wildman–Crippen LogP) is 1.53. The predicted molar refractivity (Wildman–Crippen MR) is 57.3 cm³/mol. The van der Waals surface area contributed by atoms with Crippen molar-refractivity contribution >= 4 is 5.52 Å². The number of nitrogens with zero attached hydrogens (tertiary/aromatic N) is 2. The number of imidazole rings is 1. The van der Waals surface area contributed by atoms with E-state index in [9.17, 15) is 0 Å². The van der Waals surface area contributed by atoms with Gasteiger partial charge >= 0.3 is 0 Å². The first-order chi connectivity index (χ1) is 6.68. The summed E-state index contributed by atoms with van der Waals surface area (Å²) >= 11 is 0. The van der Waals surface area contributed by atoms with Crippen molar-refractivity contribution in [3.05, 3.63) is 35.9 Å². The number of fused-ring (bicyclic) bond motifs is 1. The molecule has 3 nitrogen and oxygen atoms in total. The van der Waals surface area contributed by atoms with Gasteiger partial charge in [-0.05, 0) is 25.5 Å². The summed E-state index contributed by atoms with van der Waals surface area (Å²) < 4.78 is 2.05. The molecule has 0 aromatic carbocycles. The lowest BCUT2D eigenvalue weighted by Crippen LogP contribution is -2.18. The fourth-order valence-electron chi connectivity index (χ4n) is 1.76. The second kappa shape index (κ2) is 3.42. The number of pyridine rings is 1. The van der Waals surface area contributed by atoms with Crippen LogP contribution in [0.3, 0.4) is 0 Å². The molecule has 14 heavy (non-hydrogen) atoms. The van der Waals surface area contributed by atoms with Crippen molar-refractivity contribution in [1.82, 2.24) is 9.38 Å². The Labute approximate surface area is 83.6 Å². The van der Waals surface area contributed by atoms with Gasteiger partial charge in [0.2, 0.25) is 0 Å². The molecule has 0 amide bonds. The highest BCUT2D eigenvalue weighted by atomic mass is 15.0. The molecule has 2 aromatic rings. The average molecular weight is 189 g/mol. The summed E-state index contributed by atoms with van der Waals surface area (Å²) in [6.45, 7) is 4.10. The number of nitrogens with two attached hydrogens (primary N) is 1. The van der Waals surface area contributed by atoms with E-state index in [1.54, 1.807) is 0 Å². The Morgan fingerprint density at radius 3 is 3.07 bits per heavy atom. The van der Waals surface area contributed by atoms with Crippen LogP contribution in [-0.4, -0.2) is 15.4 Å². The Bertz CT molecular complexity index is 443. The van der Waals surface area contributed by atoms with Crippen LogP contribution < -0.4 is 5.73 Å². The Balaban J connectivity index is 2.55. The van der Waals surface area contributed by atoms with Crippen molar-refractivity contribution in [1.29, 1.82) is 0 Å². The Morgan fingerprint density at radius 2 is 2.36 bits per heavy atom. The highest BCUT2D eigenvalue weighted by Crippen LogP contribution is 2.15. The fourth-order valence-corrected chi connectivity index (χ4v) is 1.76. The molecule has 2 N–H and O–H groups in total. The summed E-state index contributed by atoms with van der Waals surface area (Å²) in [5, 5.41) is 0. The minimum atomic E-state index is 0.160. The second-order valence-corrected chi connectivity index (χ2v) is 3.82. The highest BCUT2D eigenvalue weighted by Gasteiger charge is 2.07. The molecule has 0 spiro atoms. The molecule has 0 aliphatic heterocycles. The zero-order chi connectivity index (χ0) is 10.1. The van der Waals surface area contributed by atoms with Gasteiger partial charge in [0.15, 0.2) is 0 Å². The van der Waals surface area contributed by atoms with Gasteiger partial charge in [-0.1, -0.05) is 6.07 Å². The lowest BCUT2D eigenvalue weighted by Gasteiger charge is -2.04. The maximum atomic E-state index is 5.78. The first-order valence-corrected chi connectivity index (χ1v) is 4.85. The van der Waals surface area contributed by atoms with Gasteiger partial charge in [-0.3, -0.25) is 0 Å². The van der Waals surface area contributed by atoms with Crippen molar-refractivity contribution in [2.24, 2.45) is 5.73 Å². The van der Waals surface area contributed by atoms with Gasteiger partial charge in [0, 0.05) is 18.7 Å². The molecule has 0 bridgehead atoms. The van der Waals surface area contributed by atoms with Crippen LogP contribution in [0.15, 0.2) is 24.7 Å². The van der Waals surface area contributed by atoms with E-state index in [0.717, 1.165) is 12.1 Å². The van der Waals surface area contributed by atoms with Gasteiger partial charge in [0.1, 0.15) is 0 Å². The van der Waals surface area contributed by atoms with Gasteiger partial charge in [-0.15, -0.1) is 0 Å². The third kappa shape index (κ3) is 1.51. The summed E-state index contributed by atoms with van der Waals surface area (Å²) in [6, 6.07) is 4.29. The van der Waals surface area contributed by atoms with Crippen LogP contribution in [0.25, 0.3) is 5.52 Å². The fraction of sp³-hybridized carbons (Fsp3) is 0.364. The summed E-state index contributed by atoms with van der Waals surface area (Å²) in [4.78, 5) is 4.38. The van der Waals surface area contributed by atoms with E-state index in [-0.39, 0.29) is 6.04 Å². The van der Waals surface area contributed by atoms with Crippen molar-refractivity contribution in [2.45, 2.75) is 26.3 Å². The topological polar surface area (TPSA) is 43.3 Å². The molecule has 74 valence electrons. The van der Waals surface area contributed by atoms with Gasteiger partial charge in [-0.2, -0.15) is 0 Å². The third-order valence-corrected chi connectivity index (χ3v) is 2.35. The number of hydrogen-bond donors (Lipinski definition) is 1. The molecule has 0 aliphatic carbocycles. The summed E-state index contributed by atoms with van der Waals surface area (Å²) in [7, 11) is 0. The minimum absolute atomic E-state index is 0.160. The molecular weight excluding hydrogens is 174 g/mol. The van der Waals surface area contributed by atoms with E-state index in [0.29, 0.717) is 0 Å². The minimum Gasteiger partial charge on any atom is -0.328 e. The molecule has 2 aromatic heterocycles. The Morgan fingerprint density at radius 1 is 1.57 bits per heavy atom. The molecule has 0 aliphatic rings. The number of hydrogen-bond acceptors (Lipinski definition) is 2. The lowest BCUT2D eigenvalue weighted by molar-refractivity contribution is 0.729. The quantitative estimate of drug-likeness (QED) is 0.778. The van der Waals surface area contributed by atoms with Crippen LogP contribution in [-0.2, 0) is 6.42 Å². The number of rotatable bonds is 2. The number of aryl methyl sites for hydroxylation is 1. The first kappa shape index (κ1) is 9.21. The maximum absolute atomic E-state index is 5.78. The van der Waals surface area contributed by atoms with Gasteiger partial charge in [-0.25, -0.2) is 4.98 Å². The van der Waals surface area contributed by atoms with Crippen molar-refractivity contribution in [2.75, 3.05) is 0 Å².